The van der Waals surface area contributed by atoms with Crippen molar-refractivity contribution >= 4 is 28.8 Å². The van der Waals surface area contributed by atoms with Gasteiger partial charge in [-0.2, -0.15) is 0 Å². The lowest BCUT2D eigenvalue weighted by Gasteiger charge is -2.17. The highest BCUT2D eigenvalue weighted by Gasteiger charge is 2.35. The SMILES string of the molecule is COc1ccc(N2CC(C(=O)NCc3cccc(-c4nc(-c5ccccc5)cs4)c3)CC2=O)cc1. The summed E-state index contributed by atoms with van der Waals surface area (Å²) in [7, 11) is 1.60. The van der Waals surface area contributed by atoms with E-state index < -0.39 is 0 Å². The minimum absolute atomic E-state index is 0.0460. The summed E-state index contributed by atoms with van der Waals surface area (Å²) < 4.78 is 5.18. The number of amides is 2. The Kier molecular flexibility index (Phi) is 6.59. The Morgan fingerprint density at radius 3 is 2.60 bits per heavy atom. The smallest absolute Gasteiger partial charge is 0.227 e. The molecule has 176 valence electrons. The lowest BCUT2D eigenvalue weighted by Crippen LogP contribution is -2.32. The Labute approximate surface area is 208 Å². The summed E-state index contributed by atoms with van der Waals surface area (Å²) in [5.41, 5.74) is 4.83. The van der Waals surface area contributed by atoms with Crippen LogP contribution in [0.2, 0.25) is 0 Å². The number of ether oxygens (including phenoxy) is 1. The third kappa shape index (κ3) is 5.10. The normalized spacial score (nSPS) is 15.3. The number of nitrogens with zero attached hydrogens (tertiary/aromatic N) is 2. The van der Waals surface area contributed by atoms with E-state index in [1.54, 1.807) is 23.3 Å². The maximum Gasteiger partial charge on any atom is 0.227 e. The van der Waals surface area contributed by atoms with Crippen molar-refractivity contribution in [1.29, 1.82) is 0 Å². The highest BCUT2D eigenvalue weighted by Crippen LogP contribution is 2.30. The highest BCUT2D eigenvalue weighted by atomic mass is 32.1. The number of aromatic nitrogens is 1. The van der Waals surface area contributed by atoms with E-state index in [0.29, 0.717) is 13.1 Å². The molecule has 3 aromatic carbocycles. The molecule has 1 saturated heterocycles. The van der Waals surface area contributed by atoms with Crippen LogP contribution < -0.4 is 15.0 Å². The van der Waals surface area contributed by atoms with E-state index in [4.69, 9.17) is 9.72 Å². The van der Waals surface area contributed by atoms with Crippen LogP contribution in [-0.4, -0.2) is 30.5 Å². The monoisotopic (exact) mass is 483 g/mol. The third-order valence-electron chi connectivity index (χ3n) is 6.09. The summed E-state index contributed by atoms with van der Waals surface area (Å²) in [6.07, 6.45) is 0.208. The van der Waals surface area contributed by atoms with Crippen LogP contribution in [0.3, 0.4) is 0 Å². The maximum atomic E-state index is 12.8. The van der Waals surface area contributed by atoms with Crippen LogP contribution in [0.1, 0.15) is 12.0 Å². The minimum atomic E-state index is -0.375. The van der Waals surface area contributed by atoms with E-state index in [9.17, 15) is 9.59 Å². The van der Waals surface area contributed by atoms with Crippen molar-refractivity contribution in [2.75, 3.05) is 18.6 Å². The number of hydrogen-bond acceptors (Lipinski definition) is 5. The van der Waals surface area contributed by atoms with Crippen LogP contribution in [0.4, 0.5) is 5.69 Å². The fourth-order valence-corrected chi connectivity index (χ4v) is 5.02. The number of thiazole rings is 1. The maximum absolute atomic E-state index is 12.8. The molecule has 0 aliphatic carbocycles. The molecule has 2 heterocycles. The molecular formula is C28H25N3O3S. The van der Waals surface area contributed by atoms with Gasteiger partial charge in [-0.1, -0.05) is 48.5 Å². The predicted molar refractivity (Wildman–Crippen MR) is 138 cm³/mol. The number of methoxy groups -OCH3 is 1. The topological polar surface area (TPSA) is 71.5 Å². The standard InChI is InChI=1S/C28H25N3O3S/c1-34-24-12-10-23(11-13-24)31-17-22(15-26(31)32)27(33)29-16-19-6-5-9-21(14-19)28-30-25(18-35-28)20-7-3-2-4-8-20/h2-14,18,22H,15-17H2,1H3,(H,29,33). The molecule has 4 aromatic rings. The van der Waals surface area contributed by atoms with Crippen LogP contribution in [0, 0.1) is 5.92 Å². The average molecular weight is 484 g/mol. The van der Waals surface area contributed by atoms with Gasteiger partial charge >= 0.3 is 0 Å². The molecule has 6 nitrogen and oxygen atoms in total. The molecule has 1 N–H and O–H groups in total. The summed E-state index contributed by atoms with van der Waals surface area (Å²) >= 11 is 1.60. The summed E-state index contributed by atoms with van der Waals surface area (Å²) in [6.45, 7) is 0.773. The molecule has 7 heteroatoms. The number of anilines is 1. The van der Waals surface area contributed by atoms with Crippen molar-refractivity contribution in [2.45, 2.75) is 13.0 Å². The van der Waals surface area contributed by atoms with Gasteiger partial charge in [-0.25, -0.2) is 4.98 Å². The number of benzene rings is 3. The quantitative estimate of drug-likeness (QED) is 0.394. The van der Waals surface area contributed by atoms with Crippen LogP contribution >= 0.6 is 11.3 Å². The van der Waals surface area contributed by atoms with E-state index in [0.717, 1.165) is 38.8 Å². The Morgan fingerprint density at radius 2 is 1.83 bits per heavy atom. The molecule has 0 radical (unpaired) electrons. The van der Waals surface area contributed by atoms with Crippen molar-refractivity contribution in [3.8, 4) is 27.6 Å². The van der Waals surface area contributed by atoms with E-state index in [2.05, 4.69) is 16.8 Å². The van der Waals surface area contributed by atoms with Crippen molar-refractivity contribution in [3.63, 3.8) is 0 Å². The molecule has 1 aromatic heterocycles. The first kappa shape index (κ1) is 22.8. The number of carbonyl (C=O) groups excluding carboxylic acids is 2. The molecule has 5 rings (SSSR count). The molecule has 1 aliphatic heterocycles. The molecule has 1 aliphatic rings. The second-order valence-electron chi connectivity index (χ2n) is 8.43. The Balaban J connectivity index is 1.21. The number of rotatable bonds is 7. The summed E-state index contributed by atoms with van der Waals surface area (Å²) in [4.78, 5) is 31.8. The molecule has 2 amide bonds. The Bertz CT molecular complexity index is 1340. The fourth-order valence-electron chi connectivity index (χ4n) is 4.19. The average Bonchev–Trinajstić information content (AvgIpc) is 3.56. The zero-order valence-electron chi connectivity index (χ0n) is 19.3. The van der Waals surface area contributed by atoms with Crippen LogP contribution in [0.25, 0.3) is 21.8 Å². The Hall–Kier alpha value is -3.97. The van der Waals surface area contributed by atoms with Crippen LogP contribution in [-0.2, 0) is 16.1 Å². The second-order valence-corrected chi connectivity index (χ2v) is 9.28. The first-order valence-electron chi connectivity index (χ1n) is 11.4. The van der Waals surface area contributed by atoms with Gasteiger partial charge in [-0.15, -0.1) is 11.3 Å². The summed E-state index contributed by atoms with van der Waals surface area (Å²) in [5, 5.41) is 6.01. The number of hydrogen-bond donors (Lipinski definition) is 1. The number of nitrogens with one attached hydrogen (secondary N) is 1. The summed E-state index contributed by atoms with van der Waals surface area (Å²) in [5.74, 6) is 0.196. The van der Waals surface area contributed by atoms with E-state index in [1.165, 1.54) is 0 Å². The van der Waals surface area contributed by atoms with Crippen molar-refractivity contribution < 1.29 is 14.3 Å². The fraction of sp³-hybridized carbons (Fsp3) is 0.179. The van der Waals surface area contributed by atoms with E-state index in [1.807, 2.05) is 72.8 Å². The molecule has 1 atom stereocenters. The molecule has 0 saturated carbocycles. The molecule has 0 spiro atoms. The predicted octanol–water partition coefficient (Wildman–Crippen LogP) is 5.16. The molecular weight excluding hydrogens is 458 g/mol. The molecule has 1 fully saturated rings. The molecule has 35 heavy (non-hydrogen) atoms. The molecule has 0 bridgehead atoms. The largest absolute Gasteiger partial charge is 0.497 e. The zero-order valence-corrected chi connectivity index (χ0v) is 20.1. The van der Waals surface area contributed by atoms with Crippen molar-refractivity contribution in [1.82, 2.24) is 10.3 Å². The third-order valence-corrected chi connectivity index (χ3v) is 6.99. The van der Waals surface area contributed by atoms with Crippen LogP contribution in [0.15, 0.2) is 84.2 Å². The van der Waals surface area contributed by atoms with Gasteiger partial charge in [-0.05, 0) is 35.9 Å². The van der Waals surface area contributed by atoms with Gasteiger partial charge in [0.25, 0.3) is 0 Å². The van der Waals surface area contributed by atoms with Gasteiger partial charge in [-0.3, -0.25) is 9.59 Å². The van der Waals surface area contributed by atoms with Gasteiger partial charge in [0.05, 0.1) is 18.7 Å². The first-order chi connectivity index (χ1) is 17.1. The lowest BCUT2D eigenvalue weighted by atomic mass is 10.1. The first-order valence-corrected chi connectivity index (χ1v) is 12.3. The Morgan fingerprint density at radius 1 is 1.06 bits per heavy atom. The lowest BCUT2D eigenvalue weighted by molar-refractivity contribution is -0.126. The van der Waals surface area contributed by atoms with Gasteiger partial charge in [0.15, 0.2) is 0 Å². The van der Waals surface area contributed by atoms with Crippen molar-refractivity contribution in [3.05, 3.63) is 89.8 Å². The van der Waals surface area contributed by atoms with Gasteiger partial charge in [0.2, 0.25) is 11.8 Å². The van der Waals surface area contributed by atoms with E-state index in [-0.39, 0.29) is 24.2 Å². The van der Waals surface area contributed by atoms with Gasteiger partial charge in [0, 0.05) is 41.7 Å². The molecule has 1 unspecified atom stereocenters. The second kappa shape index (κ2) is 10.1. The zero-order chi connectivity index (χ0) is 24.2. The van der Waals surface area contributed by atoms with Crippen molar-refractivity contribution in [2.24, 2.45) is 5.92 Å². The van der Waals surface area contributed by atoms with Crippen LogP contribution in [0.5, 0.6) is 5.75 Å². The highest BCUT2D eigenvalue weighted by molar-refractivity contribution is 7.13. The van der Waals surface area contributed by atoms with E-state index >= 15 is 0 Å². The minimum Gasteiger partial charge on any atom is -0.497 e. The van der Waals surface area contributed by atoms with Gasteiger partial charge in [0.1, 0.15) is 10.8 Å². The van der Waals surface area contributed by atoms with Gasteiger partial charge < -0.3 is 15.0 Å². The number of carbonyl (C=O) groups is 2. The summed E-state index contributed by atoms with van der Waals surface area (Å²) in [6, 6.07) is 25.5.